The fourth-order valence-corrected chi connectivity index (χ4v) is 2.71. The van der Waals surface area contributed by atoms with Crippen molar-refractivity contribution in [1.82, 2.24) is 5.32 Å². The molecule has 1 N–H and O–H groups in total. The van der Waals surface area contributed by atoms with Gasteiger partial charge in [-0.05, 0) is 25.3 Å². The Kier molecular flexibility index (Phi) is 5.66. The van der Waals surface area contributed by atoms with E-state index < -0.39 is 0 Å². The molecule has 2 heteroatoms. The fourth-order valence-electron chi connectivity index (χ4n) is 2.71. The molecule has 0 saturated carbocycles. The minimum atomic E-state index is 0.600. The molecule has 0 aliphatic rings. The molecule has 2 rings (SSSR count). The molecular weight excluding hydrogens is 246 g/mol. The number of benzene rings is 1. The van der Waals surface area contributed by atoms with E-state index in [-0.39, 0.29) is 0 Å². The molecule has 1 aromatic carbocycles. The summed E-state index contributed by atoms with van der Waals surface area (Å²) < 4.78 is 6.06. The highest BCUT2D eigenvalue weighted by atomic mass is 16.3. The van der Waals surface area contributed by atoms with Gasteiger partial charge >= 0.3 is 0 Å². The van der Waals surface area contributed by atoms with Gasteiger partial charge in [-0.3, -0.25) is 0 Å². The highest BCUT2D eigenvalue weighted by Gasteiger charge is 2.14. The molecule has 2 aromatic rings. The molecule has 1 heterocycles. The molecule has 0 fully saturated rings. The average Bonchev–Trinajstić information content (AvgIpc) is 2.84. The van der Waals surface area contributed by atoms with Gasteiger partial charge in [0.25, 0.3) is 0 Å². The molecule has 0 amide bonds. The Labute approximate surface area is 122 Å². The quantitative estimate of drug-likeness (QED) is 0.727. The Hall–Kier alpha value is -1.28. The van der Waals surface area contributed by atoms with Gasteiger partial charge in [0.05, 0.1) is 0 Å². The van der Waals surface area contributed by atoms with Crippen molar-refractivity contribution >= 4 is 11.0 Å². The Bertz CT molecular complexity index is 525. The van der Waals surface area contributed by atoms with Crippen LogP contribution in [-0.2, 0) is 13.0 Å². The van der Waals surface area contributed by atoms with Gasteiger partial charge in [-0.15, -0.1) is 0 Å². The molecule has 20 heavy (non-hydrogen) atoms. The van der Waals surface area contributed by atoms with Crippen LogP contribution in [0.5, 0.6) is 0 Å². The second-order valence-electron chi connectivity index (χ2n) is 5.50. The number of nitrogens with one attached hydrogen (secondary N) is 1. The Morgan fingerprint density at radius 1 is 1.10 bits per heavy atom. The van der Waals surface area contributed by atoms with Crippen LogP contribution in [0.1, 0.15) is 57.8 Å². The summed E-state index contributed by atoms with van der Waals surface area (Å²) in [5.74, 6) is 1.17. The monoisotopic (exact) mass is 273 g/mol. The zero-order valence-electron chi connectivity index (χ0n) is 13.0. The molecule has 0 bridgehead atoms. The highest BCUT2D eigenvalue weighted by molar-refractivity contribution is 5.82. The third-order valence-electron chi connectivity index (χ3n) is 4.09. The van der Waals surface area contributed by atoms with Crippen molar-refractivity contribution in [3.8, 4) is 0 Å². The van der Waals surface area contributed by atoms with E-state index in [0.29, 0.717) is 6.04 Å². The van der Waals surface area contributed by atoms with Gasteiger partial charge in [0, 0.05) is 30.0 Å². The number of unbranched alkanes of at least 4 members (excludes halogenated alkanes) is 1. The summed E-state index contributed by atoms with van der Waals surface area (Å²) in [4.78, 5) is 0. The van der Waals surface area contributed by atoms with Crippen LogP contribution in [0.4, 0.5) is 0 Å². The SMILES string of the molecule is CCCCc1oc2ccccc2c1CNC(CC)CC. The maximum atomic E-state index is 6.06. The Morgan fingerprint density at radius 2 is 1.85 bits per heavy atom. The van der Waals surface area contributed by atoms with Crippen LogP contribution in [0, 0.1) is 0 Å². The number of hydrogen-bond donors (Lipinski definition) is 1. The lowest BCUT2D eigenvalue weighted by Crippen LogP contribution is -2.27. The lowest BCUT2D eigenvalue weighted by molar-refractivity contribution is 0.473. The van der Waals surface area contributed by atoms with Crippen molar-refractivity contribution in [3.05, 3.63) is 35.6 Å². The smallest absolute Gasteiger partial charge is 0.134 e. The second kappa shape index (κ2) is 7.49. The van der Waals surface area contributed by atoms with Crippen LogP contribution in [0.15, 0.2) is 28.7 Å². The predicted molar refractivity (Wildman–Crippen MR) is 86.0 cm³/mol. The predicted octanol–water partition coefficient (Wildman–Crippen LogP) is 5.05. The highest BCUT2D eigenvalue weighted by Crippen LogP contribution is 2.27. The average molecular weight is 273 g/mol. The summed E-state index contributed by atoms with van der Waals surface area (Å²) >= 11 is 0. The molecule has 0 aliphatic carbocycles. The van der Waals surface area contributed by atoms with Crippen molar-refractivity contribution in [1.29, 1.82) is 0 Å². The van der Waals surface area contributed by atoms with Crippen LogP contribution in [0.2, 0.25) is 0 Å². The van der Waals surface area contributed by atoms with Gasteiger partial charge in [0.2, 0.25) is 0 Å². The van der Waals surface area contributed by atoms with E-state index >= 15 is 0 Å². The van der Waals surface area contributed by atoms with Crippen molar-refractivity contribution < 1.29 is 4.42 Å². The van der Waals surface area contributed by atoms with E-state index in [1.165, 1.54) is 42.4 Å². The van der Waals surface area contributed by atoms with Gasteiger partial charge in [-0.2, -0.15) is 0 Å². The van der Waals surface area contributed by atoms with Crippen molar-refractivity contribution in [2.45, 2.75) is 65.5 Å². The standard InChI is InChI=1S/C18H27NO/c1-4-7-11-18-16(13-19-14(5-2)6-3)15-10-8-9-12-17(15)20-18/h8-10,12,14,19H,4-7,11,13H2,1-3H3. The van der Waals surface area contributed by atoms with E-state index in [1.54, 1.807) is 0 Å². The van der Waals surface area contributed by atoms with E-state index in [1.807, 2.05) is 6.07 Å². The number of hydrogen-bond acceptors (Lipinski definition) is 2. The van der Waals surface area contributed by atoms with Crippen LogP contribution in [-0.4, -0.2) is 6.04 Å². The number of para-hydroxylation sites is 1. The first-order valence-electron chi connectivity index (χ1n) is 8.02. The van der Waals surface area contributed by atoms with Gasteiger partial charge < -0.3 is 9.73 Å². The van der Waals surface area contributed by atoms with Crippen LogP contribution in [0.25, 0.3) is 11.0 Å². The van der Waals surface area contributed by atoms with Crippen molar-refractivity contribution in [2.75, 3.05) is 0 Å². The largest absolute Gasteiger partial charge is 0.461 e. The molecular formula is C18H27NO. The molecule has 0 radical (unpaired) electrons. The first-order valence-corrected chi connectivity index (χ1v) is 8.02. The molecule has 110 valence electrons. The van der Waals surface area contributed by atoms with Crippen LogP contribution < -0.4 is 5.32 Å². The Morgan fingerprint density at radius 3 is 2.55 bits per heavy atom. The van der Waals surface area contributed by atoms with E-state index in [0.717, 1.165) is 18.5 Å². The third kappa shape index (κ3) is 3.43. The van der Waals surface area contributed by atoms with Gasteiger partial charge in [-0.1, -0.05) is 45.4 Å². The molecule has 0 aliphatic heterocycles. The summed E-state index contributed by atoms with van der Waals surface area (Å²) in [5.41, 5.74) is 2.39. The van der Waals surface area contributed by atoms with Crippen molar-refractivity contribution in [3.63, 3.8) is 0 Å². The van der Waals surface area contributed by atoms with E-state index in [4.69, 9.17) is 4.42 Å². The second-order valence-corrected chi connectivity index (χ2v) is 5.50. The number of rotatable bonds is 8. The number of furan rings is 1. The van der Waals surface area contributed by atoms with E-state index in [2.05, 4.69) is 44.3 Å². The lowest BCUT2D eigenvalue weighted by Gasteiger charge is -2.14. The molecule has 0 spiro atoms. The van der Waals surface area contributed by atoms with Crippen LogP contribution >= 0.6 is 0 Å². The first-order chi connectivity index (χ1) is 9.80. The zero-order chi connectivity index (χ0) is 14.4. The summed E-state index contributed by atoms with van der Waals surface area (Å²) in [6.07, 6.45) is 5.80. The molecule has 1 aromatic heterocycles. The maximum Gasteiger partial charge on any atom is 0.134 e. The summed E-state index contributed by atoms with van der Waals surface area (Å²) in [6, 6.07) is 9.00. The number of fused-ring (bicyclic) bond motifs is 1. The molecule has 0 saturated heterocycles. The van der Waals surface area contributed by atoms with Gasteiger partial charge in [-0.25, -0.2) is 0 Å². The normalized spacial score (nSPS) is 11.6. The van der Waals surface area contributed by atoms with Crippen LogP contribution in [0.3, 0.4) is 0 Å². The fraction of sp³-hybridized carbons (Fsp3) is 0.556. The maximum absolute atomic E-state index is 6.06. The van der Waals surface area contributed by atoms with Gasteiger partial charge in [0.1, 0.15) is 11.3 Å². The van der Waals surface area contributed by atoms with E-state index in [9.17, 15) is 0 Å². The first kappa shape index (κ1) is 15.1. The Balaban J connectivity index is 2.23. The topological polar surface area (TPSA) is 25.2 Å². The molecule has 0 unspecified atom stereocenters. The molecule has 0 atom stereocenters. The van der Waals surface area contributed by atoms with Crippen molar-refractivity contribution in [2.24, 2.45) is 0 Å². The minimum Gasteiger partial charge on any atom is -0.461 e. The third-order valence-corrected chi connectivity index (χ3v) is 4.09. The molecule has 2 nitrogen and oxygen atoms in total. The summed E-state index contributed by atoms with van der Waals surface area (Å²) in [5, 5.41) is 4.95. The summed E-state index contributed by atoms with van der Waals surface area (Å²) in [6.45, 7) is 7.63. The summed E-state index contributed by atoms with van der Waals surface area (Å²) in [7, 11) is 0. The number of aryl methyl sites for hydroxylation is 1. The lowest BCUT2D eigenvalue weighted by atomic mass is 10.1. The van der Waals surface area contributed by atoms with Gasteiger partial charge in [0.15, 0.2) is 0 Å². The zero-order valence-corrected chi connectivity index (χ0v) is 13.0. The minimum absolute atomic E-state index is 0.600.